The molecule has 0 aliphatic carbocycles. The fraction of sp³-hybridized carbons (Fsp3) is 0.381. The van der Waals surface area contributed by atoms with E-state index in [2.05, 4.69) is 20.6 Å². The molecule has 0 saturated carbocycles. The van der Waals surface area contributed by atoms with Gasteiger partial charge in [-0.15, -0.1) is 0 Å². The number of hydrogen-bond acceptors (Lipinski definition) is 6. The molecule has 1 fully saturated rings. The number of carbonyl (C=O) groups is 1. The topological polar surface area (TPSA) is 99.3 Å². The van der Waals surface area contributed by atoms with E-state index in [1.165, 1.54) is 0 Å². The van der Waals surface area contributed by atoms with Crippen LogP contribution in [0.2, 0.25) is 0 Å². The molecule has 3 N–H and O–H groups in total. The summed E-state index contributed by atoms with van der Waals surface area (Å²) in [6.07, 6.45) is 8.54. The second kappa shape index (κ2) is 9.88. The maximum atomic E-state index is 12.3. The molecule has 2 aromatic heterocycles. The molecular formula is C21H27N5O3. The molecule has 0 aromatic carbocycles. The predicted octanol–water partition coefficient (Wildman–Crippen LogP) is 1.62. The number of hydrogen-bond donors (Lipinski definition) is 3. The van der Waals surface area contributed by atoms with Gasteiger partial charge in [-0.3, -0.25) is 9.59 Å². The number of carbonyl (C=O) groups excluding carboxylic acids is 1. The van der Waals surface area contributed by atoms with E-state index in [0.29, 0.717) is 24.7 Å². The summed E-state index contributed by atoms with van der Waals surface area (Å²) in [4.78, 5) is 33.4. The largest absolute Gasteiger partial charge is 0.481 e. The number of methoxy groups -OCH3 is 1. The van der Waals surface area contributed by atoms with Crippen LogP contribution in [0.1, 0.15) is 12.8 Å². The van der Waals surface area contributed by atoms with Crippen LogP contribution in [0.15, 0.2) is 47.5 Å². The smallest absolute Gasteiger partial charge is 0.271 e. The van der Waals surface area contributed by atoms with Crippen molar-refractivity contribution in [2.24, 2.45) is 0 Å². The summed E-state index contributed by atoms with van der Waals surface area (Å²) in [5.41, 5.74) is 2.05. The Morgan fingerprint density at radius 1 is 1.41 bits per heavy atom. The van der Waals surface area contributed by atoms with E-state index in [1.54, 1.807) is 25.6 Å². The Morgan fingerprint density at radius 2 is 2.28 bits per heavy atom. The number of nitrogens with zero attached hydrogens (tertiary/aromatic N) is 2. The highest BCUT2D eigenvalue weighted by Gasteiger charge is 2.23. The molecule has 1 saturated heterocycles. The van der Waals surface area contributed by atoms with Crippen LogP contribution >= 0.6 is 0 Å². The third-order valence-electron chi connectivity index (χ3n) is 4.86. The summed E-state index contributed by atoms with van der Waals surface area (Å²) >= 11 is 0. The minimum atomic E-state index is -0.188. The summed E-state index contributed by atoms with van der Waals surface area (Å²) in [7, 11) is 3.40. The standard InChI is InChI=1S/C21H27N5O3/c1-22-8-3-6-20(27)26-10-4-5-17(14-26)25-18-11-16(13-24-21(18)28)15-7-9-23-19(12-15)29-2/h3,6-7,9,11-13,17,22,25H,4-5,8,10,14H2,1-2H3,(H,24,28)/b6-3+. The number of likely N-dealkylation sites (tertiary alicyclic amines) is 1. The molecule has 8 nitrogen and oxygen atoms in total. The summed E-state index contributed by atoms with van der Waals surface area (Å²) in [6.45, 7) is 1.95. The molecule has 0 spiro atoms. The lowest BCUT2D eigenvalue weighted by Crippen LogP contribution is -2.45. The first-order chi connectivity index (χ1) is 14.1. The number of anilines is 1. The highest BCUT2D eigenvalue weighted by atomic mass is 16.5. The molecule has 8 heteroatoms. The highest BCUT2D eigenvalue weighted by Crippen LogP contribution is 2.23. The third kappa shape index (κ3) is 5.45. The van der Waals surface area contributed by atoms with E-state index in [1.807, 2.05) is 36.2 Å². The zero-order chi connectivity index (χ0) is 20.6. The van der Waals surface area contributed by atoms with Gasteiger partial charge in [0.1, 0.15) is 5.69 Å². The van der Waals surface area contributed by atoms with Crippen molar-refractivity contribution in [2.45, 2.75) is 18.9 Å². The van der Waals surface area contributed by atoms with Crippen LogP contribution in [0.4, 0.5) is 5.69 Å². The van der Waals surface area contributed by atoms with Crippen molar-refractivity contribution in [2.75, 3.05) is 39.1 Å². The normalized spacial score (nSPS) is 16.8. The lowest BCUT2D eigenvalue weighted by Gasteiger charge is -2.33. The molecule has 2 aromatic rings. The van der Waals surface area contributed by atoms with Crippen LogP contribution in [-0.4, -0.2) is 60.6 Å². The van der Waals surface area contributed by atoms with E-state index in [9.17, 15) is 9.59 Å². The van der Waals surface area contributed by atoms with E-state index in [4.69, 9.17) is 4.74 Å². The van der Waals surface area contributed by atoms with Gasteiger partial charge >= 0.3 is 0 Å². The van der Waals surface area contributed by atoms with Crippen LogP contribution in [-0.2, 0) is 4.79 Å². The minimum absolute atomic E-state index is 0.00158. The van der Waals surface area contributed by atoms with E-state index < -0.39 is 0 Å². The summed E-state index contributed by atoms with van der Waals surface area (Å²) < 4.78 is 5.18. The molecule has 1 aliphatic heterocycles. The molecular weight excluding hydrogens is 370 g/mol. The summed E-state index contributed by atoms with van der Waals surface area (Å²) in [5.74, 6) is 0.509. The van der Waals surface area contributed by atoms with Crippen molar-refractivity contribution in [3.63, 3.8) is 0 Å². The van der Waals surface area contributed by atoms with Crippen LogP contribution in [0.5, 0.6) is 5.88 Å². The molecule has 3 rings (SSSR count). The fourth-order valence-electron chi connectivity index (χ4n) is 3.36. The molecule has 1 unspecified atom stereocenters. The van der Waals surface area contributed by atoms with Gasteiger partial charge in [0, 0.05) is 55.8 Å². The highest BCUT2D eigenvalue weighted by molar-refractivity contribution is 5.87. The van der Waals surface area contributed by atoms with Gasteiger partial charge in [0.15, 0.2) is 0 Å². The molecule has 1 atom stereocenters. The molecule has 1 amide bonds. The Bertz CT molecular complexity index is 925. The quantitative estimate of drug-likeness (QED) is 0.614. The number of nitrogens with one attached hydrogen (secondary N) is 3. The van der Waals surface area contributed by atoms with Crippen molar-refractivity contribution >= 4 is 11.6 Å². The van der Waals surface area contributed by atoms with Gasteiger partial charge in [-0.25, -0.2) is 4.98 Å². The van der Waals surface area contributed by atoms with Gasteiger partial charge in [0.25, 0.3) is 5.56 Å². The maximum absolute atomic E-state index is 12.3. The van der Waals surface area contributed by atoms with E-state index >= 15 is 0 Å². The molecule has 1 aliphatic rings. The average Bonchev–Trinajstić information content (AvgIpc) is 2.75. The Kier molecular flexibility index (Phi) is 7.02. The number of ether oxygens (including phenoxy) is 1. The number of likely N-dealkylation sites (N-methyl/N-ethyl adjacent to an activating group) is 1. The number of rotatable bonds is 7. The number of H-pyrrole nitrogens is 1. The zero-order valence-electron chi connectivity index (χ0n) is 16.8. The monoisotopic (exact) mass is 397 g/mol. The minimum Gasteiger partial charge on any atom is -0.481 e. The van der Waals surface area contributed by atoms with Crippen molar-refractivity contribution in [1.82, 2.24) is 20.2 Å². The molecule has 154 valence electrons. The van der Waals surface area contributed by atoms with Gasteiger partial charge in [-0.05, 0) is 37.6 Å². The number of pyridine rings is 2. The lowest BCUT2D eigenvalue weighted by molar-refractivity contribution is -0.127. The Morgan fingerprint density at radius 3 is 3.07 bits per heavy atom. The van der Waals surface area contributed by atoms with Gasteiger partial charge in [0.2, 0.25) is 11.8 Å². The van der Waals surface area contributed by atoms with Gasteiger partial charge < -0.3 is 25.3 Å². The van der Waals surface area contributed by atoms with Gasteiger partial charge in [-0.1, -0.05) is 6.08 Å². The lowest BCUT2D eigenvalue weighted by atomic mass is 10.0. The number of amides is 1. The maximum Gasteiger partial charge on any atom is 0.271 e. The molecule has 0 bridgehead atoms. The van der Waals surface area contributed by atoms with Crippen LogP contribution < -0.4 is 20.9 Å². The van der Waals surface area contributed by atoms with Crippen molar-refractivity contribution in [3.05, 3.63) is 53.1 Å². The van der Waals surface area contributed by atoms with Crippen molar-refractivity contribution in [3.8, 4) is 17.0 Å². The van der Waals surface area contributed by atoms with Gasteiger partial charge in [0.05, 0.1) is 7.11 Å². The number of aromatic amines is 1. The first kappa shape index (κ1) is 20.6. The van der Waals surface area contributed by atoms with Gasteiger partial charge in [-0.2, -0.15) is 0 Å². The Labute approximate surface area is 170 Å². The summed E-state index contributed by atoms with van der Waals surface area (Å²) in [5, 5.41) is 6.30. The van der Waals surface area contributed by atoms with Crippen LogP contribution in [0.3, 0.4) is 0 Å². The molecule has 0 radical (unpaired) electrons. The third-order valence-corrected chi connectivity index (χ3v) is 4.86. The first-order valence-corrected chi connectivity index (χ1v) is 9.70. The number of piperidine rings is 1. The van der Waals surface area contributed by atoms with E-state index in [-0.39, 0.29) is 17.5 Å². The van der Waals surface area contributed by atoms with Crippen molar-refractivity contribution in [1.29, 1.82) is 0 Å². The van der Waals surface area contributed by atoms with Crippen LogP contribution in [0.25, 0.3) is 11.1 Å². The molecule has 3 heterocycles. The van der Waals surface area contributed by atoms with Crippen molar-refractivity contribution < 1.29 is 9.53 Å². The summed E-state index contributed by atoms with van der Waals surface area (Å²) in [6, 6.07) is 5.52. The van der Waals surface area contributed by atoms with Crippen LogP contribution in [0, 0.1) is 0 Å². The first-order valence-electron chi connectivity index (χ1n) is 9.70. The number of aromatic nitrogens is 2. The zero-order valence-corrected chi connectivity index (χ0v) is 16.8. The fourth-order valence-corrected chi connectivity index (χ4v) is 3.36. The van der Waals surface area contributed by atoms with E-state index in [0.717, 1.165) is 30.5 Å². The molecule has 29 heavy (non-hydrogen) atoms. The SMILES string of the molecule is CNC/C=C/C(=O)N1CCCC(Nc2cc(-c3ccnc(OC)c3)c[nH]c2=O)C1. The predicted molar refractivity (Wildman–Crippen MR) is 113 cm³/mol. The second-order valence-corrected chi connectivity index (χ2v) is 6.95. The average molecular weight is 397 g/mol. The Hall–Kier alpha value is -3.13. The Balaban J connectivity index is 1.72. The second-order valence-electron chi connectivity index (χ2n) is 6.95.